The van der Waals surface area contributed by atoms with E-state index >= 15 is 0 Å². The highest BCUT2D eigenvalue weighted by atomic mass is 19.1. The van der Waals surface area contributed by atoms with Crippen LogP contribution in [0.3, 0.4) is 0 Å². The summed E-state index contributed by atoms with van der Waals surface area (Å²) in [6.07, 6.45) is 0. The van der Waals surface area contributed by atoms with Crippen LogP contribution in [0.15, 0.2) is 36.4 Å². The van der Waals surface area contributed by atoms with Gasteiger partial charge in [0.05, 0.1) is 12.7 Å². The summed E-state index contributed by atoms with van der Waals surface area (Å²) in [7, 11) is 1.20. The number of hydrogen-bond acceptors (Lipinski definition) is 3. The lowest BCUT2D eigenvalue weighted by atomic mass is 10.1. The molecule has 0 saturated carbocycles. The number of rotatable bonds is 4. The van der Waals surface area contributed by atoms with Gasteiger partial charge in [-0.1, -0.05) is 12.1 Å². The van der Waals surface area contributed by atoms with E-state index in [2.05, 4.69) is 10.1 Å². The van der Waals surface area contributed by atoms with Gasteiger partial charge in [0.2, 0.25) is 0 Å². The van der Waals surface area contributed by atoms with Gasteiger partial charge in [0.15, 0.2) is 0 Å². The fraction of sp³-hybridized carbons (Fsp3) is 0.188. The number of anilines is 1. The predicted octanol–water partition coefficient (Wildman–Crippen LogP) is 3.67. The molecule has 0 saturated heterocycles. The van der Waals surface area contributed by atoms with Crippen molar-refractivity contribution in [2.24, 2.45) is 0 Å². The minimum absolute atomic E-state index is 0.109. The van der Waals surface area contributed by atoms with Gasteiger partial charge in [-0.25, -0.2) is 13.6 Å². The molecule has 0 fully saturated rings. The molecule has 0 unspecified atom stereocenters. The number of esters is 1. The standard InChI is InChI=1S/C16H15F2NO2/c1-10-3-5-12(8-14(10)17)19-9-11-4-6-13(15(18)7-11)16(20)21-2/h3-8,19H,9H2,1-2H3. The second-order valence-electron chi connectivity index (χ2n) is 4.62. The van der Waals surface area contributed by atoms with Crippen LogP contribution < -0.4 is 5.32 Å². The highest BCUT2D eigenvalue weighted by Gasteiger charge is 2.12. The zero-order chi connectivity index (χ0) is 15.4. The Morgan fingerprint density at radius 2 is 1.90 bits per heavy atom. The van der Waals surface area contributed by atoms with Gasteiger partial charge in [0.1, 0.15) is 11.6 Å². The highest BCUT2D eigenvalue weighted by Crippen LogP contribution is 2.16. The van der Waals surface area contributed by atoms with Crippen molar-refractivity contribution >= 4 is 11.7 Å². The molecule has 21 heavy (non-hydrogen) atoms. The highest BCUT2D eigenvalue weighted by molar-refractivity contribution is 5.89. The lowest BCUT2D eigenvalue weighted by Gasteiger charge is -2.09. The lowest BCUT2D eigenvalue weighted by Crippen LogP contribution is -2.06. The molecule has 0 aliphatic rings. The van der Waals surface area contributed by atoms with Gasteiger partial charge in [-0.3, -0.25) is 0 Å². The first kappa shape index (κ1) is 15.0. The third-order valence-corrected chi connectivity index (χ3v) is 3.11. The average Bonchev–Trinajstić information content (AvgIpc) is 2.48. The van der Waals surface area contributed by atoms with Crippen molar-refractivity contribution in [1.82, 2.24) is 0 Å². The molecule has 3 nitrogen and oxygen atoms in total. The molecule has 0 amide bonds. The van der Waals surface area contributed by atoms with E-state index in [1.807, 2.05) is 0 Å². The van der Waals surface area contributed by atoms with E-state index in [9.17, 15) is 13.6 Å². The summed E-state index contributed by atoms with van der Waals surface area (Å²) in [6.45, 7) is 2.00. The molecule has 0 radical (unpaired) electrons. The maximum absolute atomic E-state index is 13.7. The zero-order valence-electron chi connectivity index (χ0n) is 11.7. The minimum Gasteiger partial charge on any atom is -0.465 e. The fourth-order valence-electron chi connectivity index (χ4n) is 1.85. The van der Waals surface area contributed by atoms with E-state index in [0.717, 1.165) is 0 Å². The van der Waals surface area contributed by atoms with Crippen LogP contribution in [0.2, 0.25) is 0 Å². The molecule has 1 N–H and O–H groups in total. The number of nitrogens with one attached hydrogen (secondary N) is 1. The predicted molar refractivity (Wildman–Crippen MR) is 76.2 cm³/mol. The second-order valence-corrected chi connectivity index (χ2v) is 4.62. The number of halogens is 2. The van der Waals surface area contributed by atoms with Gasteiger partial charge >= 0.3 is 5.97 Å². The van der Waals surface area contributed by atoms with Gasteiger partial charge in [0, 0.05) is 12.2 Å². The molecule has 2 rings (SSSR count). The van der Waals surface area contributed by atoms with Crippen molar-refractivity contribution < 1.29 is 18.3 Å². The van der Waals surface area contributed by atoms with Crippen molar-refractivity contribution in [3.8, 4) is 0 Å². The first-order valence-electron chi connectivity index (χ1n) is 6.38. The zero-order valence-corrected chi connectivity index (χ0v) is 11.7. The van der Waals surface area contributed by atoms with Crippen LogP contribution in [0, 0.1) is 18.6 Å². The Hall–Kier alpha value is -2.43. The first-order valence-corrected chi connectivity index (χ1v) is 6.38. The Balaban J connectivity index is 2.08. The quantitative estimate of drug-likeness (QED) is 0.873. The summed E-state index contributed by atoms with van der Waals surface area (Å²) in [6, 6.07) is 9.04. The average molecular weight is 291 g/mol. The largest absolute Gasteiger partial charge is 0.465 e. The first-order chi connectivity index (χ1) is 10.0. The molecule has 5 heteroatoms. The van der Waals surface area contributed by atoms with Crippen molar-refractivity contribution in [2.75, 3.05) is 12.4 Å². The van der Waals surface area contributed by atoms with Crippen LogP contribution in [-0.2, 0) is 11.3 Å². The van der Waals surface area contributed by atoms with Crippen molar-refractivity contribution in [1.29, 1.82) is 0 Å². The van der Waals surface area contributed by atoms with E-state index in [4.69, 9.17) is 0 Å². The summed E-state index contributed by atoms with van der Waals surface area (Å²) in [5.41, 5.74) is 1.70. The number of hydrogen-bond donors (Lipinski definition) is 1. The Bertz CT molecular complexity index is 671. The molecule has 2 aromatic carbocycles. The van der Waals surface area contributed by atoms with Crippen LogP contribution in [0.5, 0.6) is 0 Å². The number of aryl methyl sites for hydroxylation is 1. The van der Waals surface area contributed by atoms with E-state index < -0.39 is 11.8 Å². The molecular weight excluding hydrogens is 276 g/mol. The number of carbonyl (C=O) groups is 1. The third kappa shape index (κ3) is 3.56. The summed E-state index contributed by atoms with van der Waals surface area (Å²) in [5.74, 6) is -1.66. The molecule has 0 heterocycles. The molecule has 0 aliphatic heterocycles. The normalized spacial score (nSPS) is 10.3. The molecule has 0 spiro atoms. The van der Waals surface area contributed by atoms with Gasteiger partial charge in [-0.05, 0) is 42.3 Å². The van der Waals surface area contributed by atoms with Crippen molar-refractivity contribution in [2.45, 2.75) is 13.5 Å². The Kier molecular flexibility index (Phi) is 4.52. The van der Waals surface area contributed by atoms with Gasteiger partial charge in [-0.15, -0.1) is 0 Å². The van der Waals surface area contributed by atoms with E-state index in [0.29, 0.717) is 23.4 Å². The number of carbonyl (C=O) groups excluding carboxylic acids is 1. The second kappa shape index (κ2) is 6.35. The molecule has 0 aromatic heterocycles. The SMILES string of the molecule is COC(=O)c1ccc(CNc2ccc(C)c(F)c2)cc1F. The van der Waals surface area contributed by atoms with E-state index in [-0.39, 0.29) is 11.4 Å². The fourth-order valence-corrected chi connectivity index (χ4v) is 1.85. The number of methoxy groups -OCH3 is 1. The topological polar surface area (TPSA) is 38.3 Å². The Morgan fingerprint density at radius 1 is 1.14 bits per heavy atom. The van der Waals surface area contributed by atoms with Crippen molar-refractivity contribution in [3.63, 3.8) is 0 Å². The monoisotopic (exact) mass is 291 g/mol. The minimum atomic E-state index is -0.715. The van der Waals surface area contributed by atoms with Crippen LogP contribution >= 0.6 is 0 Å². The third-order valence-electron chi connectivity index (χ3n) is 3.11. The maximum Gasteiger partial charge on any atom is 0.340 e. The Morgan fingerprint density at radius 3 is 2.52 bits per heavy atom. The lowest BCUT2D eigenvalue weighted by molar-refractivity contribution is 0.0595. The van der Waals surface area contributed by atoms with Crippen molar-refractivity contribution in [3.05, 3.63) is 64.7 Å². The van der Waals surface area contributed by atoms with Crippen LogP contribution in [0.25, 0.3) is 0 Å². The molecule has 0 aliphatic carbocycles. The van der Waals surface area contributed by atoms with Crippen LogP contribution in [0.1, 0.15) is 21.5 Å². The van der Waals surface area contributed by atoms with Crippen LogP contribution in [-0.4, -0.2) is 13.1 Å². The summed E-state index contributed by atoms with van der Waals surface area (Å²) >= 11 is 0. The van der Waals surface area contributed by atoms with Crippen LogP contribution in [0.4, 0.5) is 14.5 Å². The molecule has 110 valence electrons. The number of ether oxygens (including phenoxy) is 1. The molecule has 2 aromatic rings. The van der Waals surface area contributed by atoms with E-state index in [1.54, 1.807) is 25.1 Å². The van der Waals surface area contributed by atoms with Gasteiger partial charge in [0.25, 0.3) is 0 Å². The molecule has 0 atom stereocenters. The van der Waals surface area contributed by atoms with Gasteiger partial charge in [-0.2, -0.15) is 0 Å². The Labute approximate surface area is 121 Å². The number of benzene rings is 2. The summed E-state index contributed by atoms with van der Waals surface area (Å²) in [5, 5.41) is 3.00. The van der Waals surface area contributed by atoms with E-state index in [1.165, 1.54) is 25.3 Å². The summed E-state index contributed by atoms with van der Waals surface area (Å²) < 4.78 is 31.6. The molecular formula is C16H15F2NO2. The summed E-state index contributed by atoms with van der Waals surface area (Å²) in [4.78, 5) is 11.3. The smallest absolute Gasteiger partial charge is 0.340 e. The van der Waals surface area contributed by atoms with Gasteiger partial charge < -0.3 is 10.1 Å². The maximum atomic E-state index is 13.7. The molecule has 0 bridgehead atoms.